The van der Waals surface area contributed by atoms with Gasteiger partial charge in [0.05, 0.1) is 4.92 Å². The van der Waals surface area contributed by atoms with Gasteiger partial charge in [0, 0.05) is 17.7 Å². The lowest BCUT2D eigenvalue weighted by molar-refractivity contribution is -0.384. The van der Waals surface area contributed by atoms with Gasteiger partial charge in [-0.05, 0) is 29.9 Å². The van der Waals surface area contributed by atoms with Gasteiger partial charge in [0.15, 0.2) is 10.2 Å². The summed E-state index contributed by atoms with van der Waals surface area (Å²) >= 11 is 2.85. The Morgan fingerprint density at radius 2 is 2.06 bits per heavy atom. The second-order valence-electron chi connectivity index (χ2n) is 2.89. The number of aromatic nitrogens is 2. The van der Waals surface area contributed by atoms with Gasteiger partial charge in [0.25, 0.3) is 5.69 Å². The largest absolute Gasteiger partial charge is 0.269 e. The Balaban J connectivity index is 2.30. The van der Waals surface area contributed by atoms with E-state index in [0.717, 1.165) is 9.90 Å². The molecular weight excluding hydrogens is 246 g/mol. The standard InChI is InChI=1S/C9H7N3O2S2/c1-15-9-10-8(11-16-9)6-2-4-7(5-3-6)12(13)14/h2-5H,1H3. The van der Waals surface area contributed by atoms with Crippen LogP contribution in [-0.2, 0) is 0 Å². The summed E-state index contributed by atoms with van der Waals surface area (Å²) in [5, 5.41) is 10.5. The van der Waals surface area contributed by atoms with Crippen LogP contribution in [-0.4, -0.2) is 20.5 Å². The van der Waals surface area contributed by atoms with Crippen LogP contribution in [0.3, 0.4) is 0 Å². The SMILES string of the molecule is CSc1nc(-c2ccc([N+](=O)[O-])cc2)ns1. The molecule has 0 unspecified atom stereocenters. The molecule has 0 aliphatic carbocycles. The van der Waals surface area contributed by atoms with Crippen molar-refractivity contribution >= 4 is 29.0 Å². The van der Waals surface area contributed by atoms with Crippen LogP contribution in [0.2, 0.25) is 0 Å². The number of nitrogens with zero attached hydrogens (tertiary/aromatic N) is 3. The zero-order valence-electron chi connectivity index (χ0n) is 8.28. The van der Waals surface area contributed by atoms with Gasteiger partial charge in [-0.1, -0.05) is 11.8 Å². The Hall–Kier alpha value is -1.47. The molecule has 2 rings (SSSR count). The second-order valence-corrected chi connectivity index (χ2v) is 4.70. The highest BCUT2D eigenvalue weighted by molar-refractivity contribution is 8.00. The first-order valence-corrected chi connectivity index (χ1v) is 6.33. The first-order chi connectivity index (χ1) is 7.70. The Bertz CT molecular complexity index is 510. The summed E-state index contributed by atoms with van der Waals surface area (Å²) in [4.78, 5) is 14.3. The molecule has 16 heavy (non-hydrogen) atoms. The van der Waals surface area contributed by atoms with Gasteiger partial charge in [0.2, 0.25) is 0 Å². The zero-order chi connectivity index (χ0) is 11.5. The summed E-state index contributed by atoms with van der Waals surface area (Å²) in [5.41, 5.74) is 0.867. The first-order valence-electron chi connectivity index (χ1n) is 4.33. The van der Waals surface area contributed by atoms with Crippen LogP contribution in [0.15, 0.2) is 28.6 Å². The van der Waals surface area contributed by atoms with Gasteiger partial charge in [-0.2, -0.15) is 4.37 Å². The highest BCUT2D eigenvalue weighted by Gasteiger charge is 2.08. The highest BCUT2D eigenvalue weighted by atomic mass is 32.2. The summed E-state index contributed by atoms with van der Waals surface area (Å²) in [5.74, 6) is 0.615. The van der Waals surface area contributed by atoms with Gasteiger partial charge in [-0.15, -0.1) is 0 Å². The monoisotopic (exact) mass is 253 g/mol. The van der Waals surface area contributed by atoms with E-state index in [1.807, 2.05) is 6.26 Å². The molecule has 0 saturated carbocycles. The van der Waals surface area contributed by atoms with Crippen molar-refractivity contribution < 1.29 is 4.92 Å². The van der Waals surface area contributed by atoms with Gasteiger partial charge in [-0.3, -0.25) is 10.1 Å². The molecule has 0 saturated heterocycles. The molecule has 5 nitrogen and oxygen atoms in total. The van der Waals surface area contributed by atoms with Crippen molar-refractivity contribution in [2.24, 2.45) is 0 Å². The smallest absolute Gasteiger partial charge is 0.258 e. The van der Waals surface area contributed by atoms with E-state index in [2.05, 4.69) is 9.36 Å². The summed E-state index contributed by atoms with van der Waals surface area (Å²) in [6.45, 7) is 0. The summed E-state index contributed by atoms with van der Waals surface area (Å²) in [7, 11) is 0. The number of hydrogen-bond acceptors (Lipinski definition) is 6. The minimum Gasteiger partial charge on any atom is -0.258 e. The normalized spacial score (nSPS) is 10.3. The minimum absolute atomic E-state index is 0.0732. The van der Waals surface area contributed by atoms with E-state index < -0.39 is 4.92 Å². The average Bonchev–Trinajstić information content (AvgIpc) is 2.77. The molecule has 0 N–H and O–H groups in total. The third-order valence-electron chi connectivity index (χ3n) is 1.92. The van der Waals surface area contributed by atoms with Crippen LogP contribution in [0.4, 0.5) is 5.69 Å². The van der Waals surface area contributed by atoms with E-state index in [1.54, 1.807) is 12.1 Å². The summed E-state index contributed by atoms with van der Waals surface area (Å²) < 4.78 is 5.05. The predicted octanol–water partition coefficient (Wildman–Crippen LogP) is 2.84. The number of benzene rings is 1. The van der Waals surface area contributed by atoms with E-state index in [1.165, 1.54) is 35.4 Å². The maximum Gasteiger partial charge on any atom is 0.269 e. The second kappa shape index (κ2) is 4.58. The fourth-order valence-corrected chi connectivity index (χ4v) is 2.17. The van der Waals surface area contributed by atoms with Gasteiger partial charge >= 0.3 is 0 Å². The van der Waals surface area contributed by atoms with Crippen molar-refractivity contribution in [1.29, 1.82) is 0 Å². The number of hydrogen-bond donors (Lipinski definition) is 0. The lowest BCUT2D eigenvalue weighted by atomic mass is 10.2. The molecule has 7 heteroatoms. The molecular formula is C9H7N3O2S2. The molecule has 0 fully saturated rings. The Morgan fingerprint density at radius 1 is 1.38 bits per heavy atom. The van der Waals surface area contributed by atoms with E-state index in [4.69, 9.17) is 0 Å². The summed E-state index contributed by atoms with van der Waals surface area (Å²) in [6.07, 6.45) is 1.93. The van der Waals surface area contributed by atoms with Crippen molar-refractivity contribution in [3.05, 3.63) is 34.4 Å². The van der Waals surface area contributed by atoms with Crippen molar-refractivity contribution in [3.63, 3.8) is 0 Å². The lowest BCUT2D eigenvalue weighted by Gasteiger charge is -1.94. The Labute approximate surface area is 99.9 Å². The maximum absolute atomic E-state index is 10.5. The first kappa shape index (κ1) is 11.0. The third kappa shape index (κ3) is 2.20. The Morgan fingerprint density at radius 3 is 2.56 bits per heavy atom. The highest BCUT2D eigenvalue weighted by Crippen LogP contribution is 2.24. The molecule has 0 aliphatic rings. The predicted molar refractivity (Wildman–Crippen MR) is 63.8 cm³/mol. The van der Waals surface area contributed by atoms with Crippen molar-refractivity contribution in [3.8, 4) is 11.4 Å². The molecule has 2 aromatic rings. The van der Waals surface area contributed by atoms with Crippen LogP contribution in [0.5, 0.6) is 0 Å². The fraction of sp³-hybridized carbons (Fsp3) is 0.111. The molecule has 1 aromatic heterocycles. The molecule has 1 aromatic carbocycles. The molecule has 0 amide bonds. The van der Waals surface area contributed by atoms with Crippen LogP contribution < -0.4 is 0 Å². The average molecular weight is 253 g/mol. The fourth-order valence-electron chi connectivity index (χ4n) is 1.14. The van der Waals surface area contributed by atoms with Crippen LogP contribution in [0, 0.1) is 10.1 Å². The summed E-state index contributed by atoms with van der Waals surface area (Å²) in [6, 6.07) is 6.22. The van der Waals surface area contributed by atoms with Crippen molar-refractivity contribution in [2.75, 3.05) is 6.26 Å². The Kier molecular flexibility index (Phi) is 3.16. The van der Waals surface area contributed by atoms with Crippen molar-refractivity contribution in [2.45, 2.75) is 4.34 Å². The number of non-ortho nitro benzene ring substituents is 1. The minimum atomic E-state index is -0.425. The molecule has 0 radical (unpaired) electrons. The van der Waals surface area contributed by atoms with Gasteiger partial charge in [-0.25, -0.2) is 4.98 Å². The topological polar surface area (TPSA) is 68.9 Å². The number of nitro benzene ring substituents is 1. The maximum atomic E-state index is 10.5. The van der Waals surface area contributed by atoms with Gasteiger partial charge < -0.3 is 0 Å². The molecule has 82 valence electrons. The third-order valence-corrected chi connectivity index (χ3v) is 3.59. The van der Waals surface area contributed by atoms with Crippen molar-refractivity contribution in [1.82, 2.24) is 9.36 Å². The van der Waals surface area contributed by atoms with E-state index in [-0.39, 0.29) is 5.69 Å². The van der Waals surface area contributed by atoms with E-state index >= 15 is 0 Å². The zero-order valence-corrected chi connectivity index (χ0v) is 9.92. The number of thioether (sulfide) groups is 1. The number of rotatable bonds is 3. The van der Waals surface area contributed by atoms with E-state index in [9.17, 15) is 10.1 Å². The quantitative estimate of drug-likeness (QED) is 0.478. The van der Waals surface area contributed by atoms with Crippen LogP contribution in [0.1, 0.15) is 0 Å². The van der Waals surface area contributed by atoms with Gasteiger partial charge in [0.1, 0.15) is 0 Å². The lowest BCUT2D eigenvalue weighted by Crippen LogP contribution is -1.87. The molecule has 0 spiro atoms. The van der Waals surface area contributed by atoms with E-state index in [0.29, 0.717) is 5.82 Å². The van der Waals surface area contributed by atoms with Crippen LogP contribution in [0.25, 0.3) is 11.4 Å². The number of nitro groups is 1. The molecule has 0 bridgehead atoms. The molecule has 0 aliphatic heterocycles. The molecule has 0 atom stereocenters. The molecule has 1 heterocycles. The van der Waals surface area contributed by atoms with Crippen LogP contribution >= 0.6 is 23.3 Å².